The Morgan fingerprint density at radius 3 is 2.17 bits per heavy atom. The largest absolute Gasteiger partial charge is 0.394 e. The molecule has 0 bridgehead atoms. The zero-order valence-corrected chi connectivity index (χ0v) is 12.5. The minimum absolute atomic E-state index is 0.431. The van der Waals surface area contributed by atoms with Crippen molar-refractivity contribution in [3.8, 4) is 11.1 Å². The van der Waals surface area contributed by atoms with E-state index in [1.165, 1.54) is 0 Å². The summed E-state index contributed by atoms with van der Waals surface area (Å²) in [6.07, 6.45) is -5.69. The highest BCUT2D eigenvalue weighted by molar-refractivity contribution is 5.64. The Labute approximate surface area is 134 Å². The van der Waals surface area contributed by atoms with Gasteiger partial charge in [0.25, 0.3) is 0 Å². The zero-order chi connectivity index (χ0) is 16.4. The van der Waals surface area contributed by atoms with Crippen LogP contribution in [0.1, 0.15) is 11.7 Å². The lowest BCUT2D eigenvalue weighted by Crippen LogP contribution is -2.55. The molecule has 0 aliphatic carbocycles. The van der Waals surface area contributed by atoms with Crippen molar-refractivity contribution in [1.82, 2.24) is 0 Å². The maximum absolute atomic E-state index is 10.2. The predicted octanol–water partition coefficient (Wildman–Crippen LogP) is 0.868. The first-order valence-corrected chi connectivity index (χ1v) is 7.57. The topological polar surface area (TPSA) is 90.2 Å². The standard InChI is InChI=1S/C18H20O5/c19-10-14-15(20)16(21)17(22)18(23-14)13-8-4-7-12(9-13)11-5-2-1-3-6-11/h1-9,14-22H,10H2/t14-,15-,16+,17+,18-/m1/s1. The van der Waals surface area contributed by atoms with Crippen molar-refractivity contribution in [2.45, 2.75) is 30.5 Å². The van der Waals surface area contributed by atoms with Gasteiger partial charge in [-0.05, 0) is 22.8 Å². The van der Waals surface area contributed by atoms with Gasteiger partial charge in [0.2, 0.25) is 0 Å². The molecule has 1 fully saturated rings. The monoisotopic (exact) mass is 316 g/mol. The molecule has 2 aromatic carbocycles. The van der Waals surface area contributed by atoms with Crippen molar-refractivity contribution in [1.29, 1.82) is 0 Å². The summed E-state index contributed by atoms with van der Waals surface area (Å²) in [7, 11) is 0. The molecule has 0 aromatic heterocycles. The van der Waals surface area contributed by atoms with Crippen molar-refractivity contribution in [2.24, 2.45) is 0 Å². The summed E-state index contributed by atoms with van der Waals surface area (Å²) in [6.45, 7) is -0.431. The Bertz CT molecular complexity index is 643. The highest BCUT2D eigenvalue weighted by atomic mass is 16.5. The number of ether oxygens (including phenoxy) is 1. The second kappa shape index (κ2) is 6.78. The van der Waals surface area contributed by atoms with E-state index in [0.717, 1.165) is 11.1 Å². The molecule has 122 valence electrons. The molecule has 1 heterocycles. The third kappa shape index (κ3) is 3.15. The first-order valence-electron chi connectivity index (χ1n) is 7.57. The number of hydrogen-bond donors (Lipinski definition) is 4. The predicted molar refractivity (Wildman–Crippen MR) is 84.6 cm³/mol. The molecule has 0 radical (unpaired) electrons. The zero-order valence-electron chi connectivity index (χ0n) is 12.5. The third-order valence-corrected chi connectivity index (χ3v) is 4.21. The van der Waals surface area contributed by atoms with E-state index in [0.29, 0.717) is 5.56 Å². The van der Waals surface area contributed by atoms with Gasteiger partial charge in [0.1, 0.15) is 30.5 Å². The van der Waals surface area contributed by atoms with Crippen LogP contribution in [0.2, 0.25) is 0 Å². The van der Waals surface area contributed by atoms with E-state index in [4.69, 9.17) is 4.74 Å². The molecule has 0 amide bonds. The Morgan fingerprint density at radius 2 is 1.48 bits per heavy atom. The van der Waals surface area contributed by atoms with Gasteiger partial charge in [-0.3, -0.25) is 0 Å². The number of aliphatic hydroxyl groups is 4. The van der Waals surface area contributed by atoms with E-state index in [-0.39, 0.29) is 0 Å². The minimum atomic E-state index is -1.37. The van der Waals surface area contributed by atoms with Gasteiger partial charge in [-0.15, -0.1) is 0 Å². The van der Waals surface area contributed by atoms with Crippen molar-refractivity contribution < 1.29 is 25.2 Å². The van der Waals surface area contributed by atoms with Gasteiger partial charge in [-0.1, -0.05) is 48.5 Å². The lowest BCUT2D eigenvalue weighted by molar-refractivity contribution is -0.231. The lowest BCUT2D eigenvalue weighted by atomic mass is 9.90. The molecule has 5 atom stereocenters. The van der Waals surface area contributed by atoms with Gasteiger partial charge >= 0.3 is 0 Å². The average Bonchev–Trinajstić information content (AvgIpc) is 2.61. The second-order valence-corrected chi connectivity index (χ2v) is 5.74. The molecule has 0 unspecified atom stereocenters. The molecule has 0 spiro atoms. The van der Waals surface area contributed by atoms with E-state index < -0.39 is 37.1 Å². The van der Waals surface area contributed by atoms with Crippen LogP contribution < -0.4 is 0 Å². The van der Waals surface area contributed by atoms with Crippen LogP contribution >= 0.6 is 0 Å². The second-order valence-electron chi connectivity index (χ2n) is 5.74. The van der Waals surface area contributed by atoms with Gasteiger partial charge in [0.05, 0.1) is 6.61 Å². The highest BCUT2D eigenvalue weighted by Gasteiger charge is 2.43. The van der Waals surface area contributed by atoms with Gasteiger partial charge in [-0.2, -0.15) is 0 Å². The fourth-order valence-corrected chi connectivity index (χ4v) is 2.90. The summed E-state index contributed by atoms with van der Waals surface area (Å²) >= 11 is 0. The van der Waals surface area contributed by atoms with Crippen LogP contribution in [0.5, 0.6) is 0 Å². The van der Waals surface area contributed by atoms with Crippen LogP contribution in [0.3, 0.4) is 0 Å². The number of benzene rings is 2. The van der Waals surface area contributed by atoms with E-state index in [9.17, 15) is 20.4 Å². The van der Waals surface area contributed by atoms with Gasteiger partial charge < -0.3 is 25.2 Å². The molecule has 1 aliphatic heterocycles. The molecule has 5 nitrogen and oxygen atoms in total. The van der Waals surface area contributed by atoms with Crippen LogP contribution in [-0.2, 0) is 4.74 Å². The summed E-state index contributed by atoms with van der Waals surface area (Å²) in [5.74, 6) is 0. The minimum Gasteiger partial charge on any atom is -0.394 e. The van der Waals surface area contributed by atoms with Crippen LogP contribution in [0, 0.1) is 0 Å². The summed E-state index contributed by atoms with van der Waals surface area (Å²) in [4.78, 5) is 0. The molecule has 1 saturated heterocycles. The SMILES string of the molecule is OC[C@H]1O[C@H](c2cccc(-c3ccccc3)c2)[C@@H](O)[C@@H](O)[C@@H]1O. The van der Waals surface area contributed by atoms with Gasteiger partial charge in [-0.25, -0.2) is 0 Å². The quantitative estimate of drug-likeness (QED) is 0.675. The fraction of sp³-hybridized carbons (Fsp3) is 0.333. The Kier molecular flexibility index (Phi) is 4.75. The summed E-state index contributed by atoms with van der Waals surface area (Å²) < 4.78 is 5.60. The summed E-state index contributed by atoms with van der Waals surface area (Å²) in [5, 5.41) is 39.3. The first kappa shape index (κ1) is 16.1. The Hall–Kier alpha value is -1.76. The third-order valence-electron chi connectivity index (χ3n) is 4.21. The smallest absolute Gasteiger partial charge is 0.113 e. The van der Waals surface area contributed by atoms with Crippen LogP contribution in [0.15, 0.2) is 54.6 Å². The molecule has 1 aliphatic rings. The van der Waals surface area contributed by atoms with E-state index in [2.05, 4.69) is 0 Å². The van der Waals surface area contributed by atoms with E-state index >= 15 is 0 Å². The van der Waals surface area contributed by atoms with Crippen LogP contribution in [-0.4, -0.2) is 51.4 Å². The molecule has 5 heteroatoms. The molecular formula is C18H20O5. The number of rotatable bonds is 3. The molecule has 0 saturated carbocycles. The summed E-state index contributed by atoms with van der Waals surface area (Å²) in [6, 6.07) is 17.2. The molecule has 23 heavy (non-hydrogen) atoms. The highest BCUT2D eigenvalue weighted by Crippen LogP contribution is 2.34. The summed E-state index contributed by atoms with van der Waals surface area (Å²) in [5.41, 5.74) is 2.67. The van der Waals surface area contributed by atoms with Gasteiger partial charge in [0.15, 0.2) is 0 Å². The molecule has 2 aromatic rings. The van der Waals surface area contributed by atoms with E-state index in [1.54, 1.807) is 6.07 Å². The number of hydrogen-bond acceptors (Lipinski definition) is 5. The van der Waals surface area contributed by atoms with Crippen LogP contribution in [0.25, 0.3) is 11.1 Å². The van der Waals surface area contributed by atoms with Crippen LogP contribution in [0.4, 0.5) is 0 Å². The fourth-order valence-electron chi connectivity index (χ4n) is 2.90. The van der Waals surface area contributed by atoms with Crippen molar-refractivity contribution >= 4 is 0 Å². The Morgan fingerprint density at radius 1 is 0.783 bits per heavy atom. The van der Waals surface area contributed by atoms with E-state index in [1.807, 2.05) is 48.5 Å². The van der Waals surface area contributed by atoms with Gasteiger partial charge in [0, 0.05) is 0 Å². The van der Waals surface area contributed by atoms with Crippen molar-refractivity contribution in [3.63, 3.8) is 0 Å². The molecule has 3 rings (SSSR count). The average molecular weight is 316 g/mol. The first-order chi connectivity index (χ1) is 11.1. The Balaban J connectivity index is 1.92. The maximum atomic E-state index is 10.2. The van der Waals surface area contributed by atoms with Crippen molar-refractivity contribution in [2.75, 3.05) is 6.61 Å². The maximum Gasteiger partial charge on any atom is 0.113 e. The lowest BCUT2D eigenvalue weighted by Gasteiger charge is -2.40. The van der Waals surface area contributed by atoms with Crippen molar-refractivity contribution in [3.05, 3.63) is 60.2 Å². The number of aliphatic hydroxyl groups excluding tert-OH is 4. The normalized spacial score (nSPS) is 31.0. The molecular weight excluding hydrogens is 296 g/mol. The molecule has 4 N–H and O–H groups in total.